The summed E-state index contributed by atoms with van der Waals surface area (Å²) in [6, 6.07) is 3.27. The summed E-state index contributed by atoms with van der Waals surface area (Å²) >= 11 is 6.77. The number of nitrogens with two attached hydrogens (primary N) is 1. The van der Waals surface area contributed by atoms with E-state index in [4.69, 9.17) is 5.73 Å². The molecule has 8 heteroatoms. The molecule has 1 fully saturated rings. The van der Waals surface area contributed by atoms with E-state index >= 15 is 0 Å². The Labute approximate surface area is 142 Å². The van der Waals surface area contributed by atoms with Crippen molar-refractivity contribution in [3.05, 3.63) is 26.6 Å². The van der Waals surface area contributed by atoms with Gasteiger partial charge in [-0.05, 0) is 47.6 Å². The van der Waals surface area contributed by atoms with Crippen LogP contribution in [0.5, 0.6) is 0 Å². The number of piperazine rings is 1. The molecule has 0 aliphatic carbocycles. The van der Waals surface area contributed by atoms with Crippen molar-refractivity contribution in [3.8, 4) is 0 Å². The number of aryl methyl sites for hydroxylation is 1. The van der Waals surface area contributed by atoms with Crippen molar-refractivity contribution in [3.63, 3.8) is 0 Å². The van der Waals surface area contributed by atoms with Gasteiger partial charge in [-0.2, -0.15) is 4.31 Å². The second-order valence-corrected chi connectivity index (χ2v) is 8.87. The maximum atomic E-state index is 12.9. The second kappa shape index (κ2) is 6.64. The van der Waals surface area contributed by atoms with Crippen LogP contribution in [-0.4, -0.2) is 56.9 Å². The Bertz CT molecular complexity index is 637. The average molecular weight is 441 g/mol. The molecule has 5 nitrogen and oxygen atoms in total. The standard InChI is InChI=1S/C13H19Br2N3O2S/c1-9-5-12(15)13(6-11(9)14)21(19,20)18-4-3-17(2)8-10(18)7-16/h5-6,10H,3-4,7-8,16H2,1-2H3. The summed E-state index contributed by atoms with van der Waals surface area (Å²) in [7, 11) is -1.59. The van der Waals surface area contributed by atoms with E-state index in [0.717, 1.165) is 10.0 Å². The van der Waals surface area contributed by atoms with Gasteiger partial charge in [-0.1, -0.05) is 15.9 Å². The third-order valence-electron chi connectivity index (χ3n) is 3.70. The fourth-order valence-corrected chi connectivity index (χ4v) is 5.71. The predicted octanol–water partition coefficient (Wildman–Crippen LogP) is 1.78. The van der Waals surface area contributed by atoms with Crippen LogP contribution in [-0.2, 0) is 10.0 Å². The minimum Gasteiger partial charge on any atom is -0.329 e. The van der Waals surface area contributed by atoms with Crippen molar-refractivity contribution in [2.24, 2.45) is 5.73 Å². The van der Waals surface area contributed by atoms with E-state index in [1.807, 2.05) is 20.0 Å². The highest BCUT2D eigenvalue weighted by atomic mass is 79.9. The zero-order valence-electron chi connectivity index (χ0n) is 12.0. The Morgan fingerprint density at radius 3 is 2.57 bits per heavy atom. The summed E-state index contributed by atoms with van der Waals surface area (Å²) in [6.07, 6.45) is 0. The molecule has 0 saturated carbocycles. The number of benzene rings is 1. The third kappa shape index (κ3) is 3.51. The molecule has 0 bridgehead atoms. The molecule has 1 aliphatic rings. The molecule has 1 saturated heterocycles. The van der Waals surface area contributed by atoms with Crippen LogP contribution < -0.4 is 5.73 Å². The van der Waals surface area contributed by atoms with Crippen LogP contribution >= 0.6 is 31.9 Å². The van der Waals surface area contributed by atoms with Crippen LogP contribution in [0.25, 0.3) is 0 Å². The first-order chi connectivity index (χ1) is 9.77. The summed E-state index contributed by atoms with van der Waals surface area (Å²) in [5, 5.41) is 0. The number of hydrogen-bond donors (Lipinski definition) is 1. The number of nitrogens with zero attached hydrogens (tertiary/aromatic N) is 2. The number of likely N-dealkylation sites (N-methyl/N-ethyl adjacent to an activating group) is 1. The van der Waals surface area contributed by atoms with E-state index < -0.39 is 10.0 Å². The molecule has 118 valence electrons. The lowest BCUT2D eigenvalue weighted by molar-refractivity contribution is 0.164. The van der Waals surface area contributed by atoms with E-state index in [0.29, 0.717) is 30.7 Å². The average Bonchev–Trinajstić information content (AvgIpc) is 2.42. The zero-order valence-corrected chi connectivity index (χ0v) is 16.0. The molecule has 1 unspecified atom stereocenters. The van der Waals surface area contributed by atoms with E-state index in [1.54, 1.807) is 6.07 Å². The Kier molecular flexibility index (Phi) is 5.49. The molecule has 0 spiro atoms. The molecule has 1 aliphatic heterocycles. The van der Waals surface area contributed by atoms with Crippen LogP contribution in [0.1, 0.15) is 5.56 Å². The highest BCUT2D eigenvalue weighted by Gasteiger charge is 2.35. The van der Waals surface area contributed by atoms with Gasteiger partial charge in [-0.25, -0.2) is 8.42 Å². The van der Waals surface area contributed by atoms with Gasteiger partial charge < -0.3 is 10.6 Å². The lowest BCUT2D eigenvalue weighted by Crippen LogP contribution is -2.56. The third-order valence-corrected chi connectivity index (χ3v) is 7.47. The molecule has 1 aromatic carbocycles. The quantitative estimate of drug-likeness (QED) is 0.777. The summed E-state index contributed by atoms with van der Waals surface area (Å²) in [6.45, 7) is 4.05. The summed E-state index contributed by atoms with van der Waals surface area (Å²) in [5.41, 5.74) is 6.75. The number of rotatable bonds is 3. The molecule has 0 aromatic heterocycles. The van der Waals surface area contributed by atoms with Gasteiger partial charge >= 0.3 is 0 Å². The summed E-state index contributed by atoms with van der Waals surface area (Å²) in [4.78, 5) is 2.38. The summed E-state index contributed by atoms with van der Waals surface area (Å²) in [5.74, 6) is 0. The van der Waals surface area contributed by atoms with Gasteiger partial charge in [0, 0.05) is 35.1 Å². The SMILES string of the molecule is Cc1cc(Br)c(S(=O)(=O)N2CCN(C)CC2CN)cc1Br. The first kappa shape index (κ1) is 17.4. The van der Waals surface area contributed by atoms with E-state index in [9.17, 15) is 8.42 Å². The fraction of sp³-hybridized carbons (Fsp3) is 0.538. The van der Waals surface area contributed by atoms with Crippen molar-refractivity contribution in [1.29, 1.82) is 0 Å². The molecule has 1 aromatic rings. The molecular formula is C13H19Br2N3O2S. The summed E-state index contributed by atoms with van der Waals surface area (Å²) < 4.78 is 28.8. The highest BCUT2D eigenvalue weighted by molar-refractivity contribution is 9.11. The van der Waals surface area contributed by atoms with Crippen LogP contribution in [0.15, 0.2) is 26.0 Å². The fourth-order valence-electron chi connectivity index (χ4n) is 2.45. The molecule has 0 amide bonds. The normalized spacial score (nSPS) is 21.7. The van der Waals surface area contributed by atoms with Gasteiger partial charge in [0.25, 0.3) is 0 Å². The van der Waals surface area contributed by atoms with E-state index in [1.165, 1.54) is 4.31 Å². The van der Waals surface area contributed by atoms with Gasteiger partial charge in [-0.3, -0.25) is 0 Å². The van der Waals surface area contributed by atoms with Crippen LogP contribution in [0.4, 0.5) is 0 Å². The van der Waals surface area contributed by atoms with Crippen LogP contribution in [0.3, 0.4) is 0 Å². The van der Waals surface area contributed by atoms with E-state index in [2.05, 4.69) is 36.8 Å². The van der Waals surface area contributed by atoms with Gasteiger partial charge in [0.2, 0.25) is 10.0 Å². The van der Waals surface area contributed by atoms with Crippen molar-refractivity contribution in [2.45, 2.75) is 17.9 Å². The zero-order chi connectivity index (χ0) is 15.8. The minimum atomic E-state index is -3.57. The van der Waals surface area contributed by atoms with Crippen molar-refractivity contribution >= 4 is 41.9 Å². The van der Waals surface area contributed by atoms with Crippen molar-refractivity contribution < 1.29 is 8.42 Å². The van der Waals surface area contributed by atoms with Gasteiger partial charge in [-0.15, -0.1) is 0 Å². The van der Waals surface area contributed by atoms with Crippen molar-refractivity contribution in [1.82, 2.24) is 9.21 Å². The molecule has 1 atom stereocenters. The molecule has 2 N–H and O–H groups in total. The minimum absolute atomic E-state index is 0.194. The Hall–Kier alpha value is 0.01000. The molecule has 1 heterocycles. The number of sulfonamides is 1. The number of halogens is 2. The maximum absolute atomic E-state index is 12.9. The van der Waals surface area contributed by atoms with Gasteiger partial charge in [0.15, 0.2) is 0 Å². The molecule has 21 heavy (non-hydrogen) atoms. The van der Waals surface area contributed by atoms with E-state index in [-0.39, 0.29) is 10.9 Å². The van der Waals surface area contributed by atoms with Crippen LogP contribution in [0, 0.1) is 6.92 Å². The lowest BCUT2D eigenvalue weighted by Gasteiger charge is -2.38. The smallest absolute Gasteiger partial charge is 0.244 e. The molecule has 0 radical (unpaired) electrons. The Morgan fingerprint density at radius 2 is 1.95 bits per heavy atom. The predicted molar refractivity (Wildman–Crippen MR) is 90.8 cm³/mol. The van der Waals surface area contributed by atoms with Gasteiger partial charge in [0.1, 0.15) is 0 Å². The van der Waals surface area contributed by atoms with Crippen LogP contribution in [0.2, 0.25) is 0 Å². The number of hydrogen-bond acceptors (Lipinski definition) is 4. The highest BCUT2D eigenvalue weighted by Crippen LogP contribution is 2.32. The second-order valence-electron chi connectivity index (χ2n) is 5.30. The molecular weight excluding hydrogens is 422 g/mol. The van der Waals surface area contributed by atoms with Gasteiger partial charge in [0.05, 0.1) is 10.9 Å². The maximum Gasteiger partial charge on any atom is 0.244 e. The van der Waals surface area contributed by atoms with Crippen molar-refractivity contribution in [2.75, 3.05) is 33.2 Å². The first-order valence-corrected chi connectivity index (χ1v) is 9.66. The first-order valence-electron chi connectivity index (χ1n) is 6.63. The lowest BCUT2D eigenvalue weighted by atomic mass is 10.2. The Morgan fingerprint density at radius 1 is 1.29 bits per heavy atom. The molecule has 2 rings (SSSR count). The monoisotopic (exact) mass is 439 g/mol. The topological polar surface area (TPSA) is 66.6 Å². The Balaban J connectivity index is 2.44. The largest absolute Gasteiger partial charge is 0.329 e.